The summed E-state index contributed by atoms with van der Waals surface area (Å²) in [6.45, 7) is 5.82. The Bertz CT molecular complexity index is 642. The van der Waals surface area contributed by atoms with Crippen LogP contribution in [0, 0.1) is 25.5 Å². The largest absolute Gasteiger partial charge is 0.381 e. The quantitative estimate of drug-likeness (QED) is 0.905. The number of benzene rings is 1. The lowest BCUT2D eigenvalue weighted by atomic mass is 10.1. The molecule has 1 aromatic carbocycles. The van der Waals surface area contributed by atoms with Gasteiger partial charge in [-0.1, -0.05) is 0 Å². The molecular formula is C14H15F2N3OS. The number of nitrogens with one attached hydrogen (secondary N) is 2. The topological polar surface area (TPSA) is 54.0 Å². The van der Waals surface area contributed by atoms with E-state index in [-0.39, 0.29) is 11.3 Å². The van der Waals surface area contributed by atoms with Crippen LogP contribution in [0.2, 0.25) is 0 Å². The molecule has 0 aliphatic carbocycles. The zero-order chi connectivity index (χ0) is 15.6. The number of rotatable bonds is 4. The maximum absolute atomic E-state index is 13.8. The van der Waals surface area contributed by atoms with Crippen molar-refractivity contribution in [1.29, 1.82) is 0 Å². The number of nitrogens with zero attached hydrogens (tertiary/aromatic N) is 1. The summed E-state index contributed by atoms with van der Waals surface area (Å²) in [4.78, 5) is 17.1. The molecule has 0 unspecified atom stereocenters. The third kappa shape index (κ3) is 3.36. The van der Waals surface area contributed by atoms with Gasteiger partial charge >= 0.3 is 0 Å². The normalized spacial score (nSPS) is 10.5. The highest BCUT2D eigenvalue weighted by Crippen LogP contribution is 2.24. The molecular weight excluding hydrogens is 296 g/mol. The van der Waals surface area contributed by atoms with Gasteiger partial charge in [-0.2, -0.15) is 0 Å². The molecule has 21 heavy (non-hydrogen) atoms. The monoisotopic (exact) mass is 311 g/mol. The number of anilines is 2. The SMILES string of the molecule is CCNc1c(F)cc(C(=O)Nc2nc(C)c(C)s2)cc1F. The van der Waals surface area contributed by atoms with Crippen LogP contribution in [-0.2, 0) is 0 Å². The summed E-state index contributed by atoms with van der Waals surface area (Å²) in [5.41, 5.74) is 0.502. The maximum atomic E-state index is 13.8. The van der Waals surface area contributed by atoms with Crippen LogP contribution in [-0.4, -0.2) is 17.4 Å². The second kappa shape index (κ2) is 6.17. The number of amides is 1. The Hall–Kier alpha value is -2.02. The number of aromatic nitrogens is 1. The van der Waals surface area contributed by atoms with Gasteiger partial charge in [0.25, 0.3) is 5.91 Å². The molecule has 0 bridgehead atoms. The highest BCUT2D eigenvalue weighted by atomic mass is 32.1. The lowest BCUT2D eigenvalue weighted by Crippen LogP contribution is -2.13. The van der Waals surface area contributed by atoms with Gasteiger partial charge in [0, 0.05) is 17.0 Å². The first-order valence-electron chi connectivity index (χ1n) is 6.40. The molecule has 0 spiro atoms. The Morgan fingerprint density at radius 3 is 2.38 bits per heavy atom. The van der Waals surface area contributed by atoms with Crippen LogP contribution in [0.25, 0.3) is 0 Å². The number of carbonyl (C=O) groups is 1. The van der Waals surface area contributed by atoms with E-state index in [1.54, 1.807) is 6.92 Å². The second-order valence-corrected chi connectivity index (χ2v) is 5.66. The summed E-state index contributed by atoms with van der Waals surface area (Å²) in [5.74, 6) is -2.19. The lowest BCUT2D eigenvalue weighted by molar-refractivity contribution is 0.102. The summed E-state index contributed by atoms with van der Waals surface area (Å²) >= 11 is 1.31. The average Bonchev–Trinajstić information content (AvgIpc) is 2.72. The van der Waals surface area contributed by atoms with Gasteiger partial charge < -0.3 is 5.32 Å². The molecule has 112 valence electrons. The molecule has 0 atom stereocenters. The fourth-order valence-electron chi connectivity index (χ4n) is 1.75. The minimum Gasteiger partial charge on any atom is -0.381 e. The van der Waals surface area contributed by atoms with Gasteiger partial charge in [0.15, 0.2) is 5.13 Å². The summed E-state index contributed by atoms with van der Waals surface area (Å²) in [7, 11) is 0. The molecule has 0 saturated carbocycles. The minimum atomic E-state index is -0.798. The highest BCUT2D eigenvalue weighted by molar-refractivity contribution is 7.15. The Morgan fingerprint density at radius 2 is 1.90 bits per heavy atom. The van der Waals surface area contributed by atoms with E-state index in [0.29, 0.717) is 11.7 Å². The van der Waals surface area contributed by atoms with Crippen molar-refractivity contribution < 1.29 is 13.6 Å². The molecule has 0 aliphatic heterocycles. The van der Waals surface area contributed by atoms with Gasteiger partial charge in [-0.3, -0.25) is 10.1 Å². The van der Waals surface area contributed by atoms with E-state index in [1.165, 1.54) is 11.3 Å². The van der Waals surface area contributed by atoms with E-state index < -0.39 is 17.5 Å². The van der Waals surface area contributed by atoms with Crippen LogP contribution in [0.15, 0.2) is 12.1 Å². The van der Waals surface area contributed by atoms with E-state index in [9.17, 15) is 13.6 Å². The molecule has 7 heteroatoms. The summed E-state index contributed by atoms with van der Waals surface area (Å²) in [6.07, 6.45) is 0. The first-order chi connectivity index (χ1) is 9.92. The second-order valence-electron chi connectivity index (χ2n) is 4.46. The van der Waals surface area contributed by atoms with Gasteiger partial charge in [-0.05, 0) is 32.9 Å². The Morgan fingerprint density at radius 1 is 1.29 bits per heavy atom. The predicted octanol–water partition coefficient (Wildman–Crippen LogP) is 3.72. The standard InChI is InChI=1S/C14H15F2N3OS/c1-4-17-12-10(15)5-9(6-11(12)16)13(20)19-14-18-7(2)8(3)21-14/h5-6,17H,4H2,1-3H3,(H,18,19,20). The van der Waals surface area contributed by atoms with Crippen LogP contribution in [0.1, 0.15) is 27.9 Å². The van der Waals surface area contributed by atoms with Crippen LogP contribution in [0.4, 0.5) is 19.6 Å². The van der Waals surface area contributed by atoms with E-state index in [4.69, 9.17) is 0 Å². The molecule has 0 radical (unpaired) electrons. The first-order valence-corrected chi connectivity index (χ1v) is 7.22. The molecule has 1 aromatic heterocycles. The van der Waals surface area contributed by atoms with E-state index in [2.05, 4.69) is 15.6 Å². The molecule has 0 aliphatic rings. The van der Waals surface area contributed by atoms with Crippen molar-refractivity contribution in [3.05, 3.63) is 39.9 Å². The smallest absolute Gasteiger partial charge is 0.257 e. The lowest BCUT2D eigenvalue weighted by Gasteiger charge is -2.08. The number of thiazole rings is 1. The molecule has 0 saturated heterocycles. The van der Waals surface area contributed by atoms with Gasteiger partial charge in [-0.25, -0.2) is 13.8 Å². The molecule has 2 rings (SSSR count). The first kappa shape index (κ1) is 15.4. The van der Waals surface area contributed by atoms with Gasteiger partial charge in [0.1, 0.15) is 17.3 Å². The zero-order valence-corrected chi connectivity index (χ0v) is 12.7. The third-order valence-corrected chi connectivity index (χ3v) is 3.90. The van der Waals surface area contributed by atoms with Gasteiger partial charge in [-0.15, -0.1) is 11.3 Å². The molecule has 0 fully saturated rings. The molecule has 2 aromatic rings. The summed E-state index contributed by atoms with van der Waals surface area (Å²) < 4.78 is 27.5. The van der Waals surface area contributed by atoms with Crippen LogP contribution >= 0.6 is 11.3 Å². The highest BCUT2D eigenvalue weighted by Gasteiger charge is 2.16. The minimum absolute atomic E-state index is 0.0860. The molecule has 2 N–H and O–H groups in total. The molecule has 1 amide bonds. The van der Waals surface area contributed by atoms with Crippen molar-refractivity contribution in [3.63, 3.8) is 0 Å². The van der Waals surface area contributed by atoms with Crippen molar-refractivity contribution in [2.45, 2.75) is 20.8 Å². The number of carbonyl (C=O) groups excluding carboxylic acids is 1. The zero-order valence-electron chi connectivity index (χ0n) is 11.9. The summed E-state index contributed by atoms with van der Waals surface area (Å²) in [6, 6.07) is 2.01. The van der Waals surface area contributed by atoms with Crippen molar-refractivity contribution in [1.82, 2.24) is 4.98 Å². The van der Waals surface area contributed by atoms with Crippen molar-refractivity contribution in [2.24, 2.45) is 0 Å². The average molecular weight is 311 g/mol. The van der Waals surface area contributed by atoms with Crippen LogP contribution < -0.4 is 10.6 Å². The Kier molecular flexibility index (Phi) is 4.52. The predicted molar refractivity (Wildman–Crippen MR) is 80.1 cm³/mol. The fourth-order valence-corrected chi connectivity index (χ4v) is 2.56. The van der Waals surface area contributed by atoms with E-state index in [1.807, 2.05) is 13.8 Å². The maximum Gasteiger partial charge on any atom is 0.257 e. The molecule has 1 heterocycles. The van der Waals surface area contributed by atoms with Gasteiger partial charge in [0.05, 0.1) is 5.69 Å². The summed E-state index contributed by atoms with van der Waals surface area (Å²) in [5, 5.41) is 5.53. The van der Waals surface area contributed by atoms with Crippen molar-refractivity contribution >= 4 is 28.1 Å². The number of hydrogen-bond donors (Lipinski definition) is 2. The number of hydrogen-bond acceptors (Lipinski definition) is 4. The van der Waals surface area contributed by atoms with Gasteiger partial charge in [0.2, 0.25) is 0 Å². The number of halogens is 2. The van der Waals surface area contributed by atoms with Crippen LogP contribution in [0.5, 0.6) is 0 Å². The van der Waals surface area contributed by atoms with Crippen molar-refractivity contribution in [2.75, 3.05) is 17.2 Å². The Labute approximate surface area is 125 Å². The molecule has 4 nitrogen and oxygen atoms in total. The third-order valence-electron chi connectivity index (χ3n) is 2.91. The van der Waals surface area contributed by atoms with Crippen LogP contribution in [0.3, 0.4) is 0 Å². The Balaban J connectivity index is 2.23. The van der Waals surface area contributed by atoms with Crippen molar-refractivity contribution in [3.8, 4) is 0 Å². The number of aryl methyl sites for hydroxylation is 2. The fraction of sp³-hybridized carbons (Fsp3) is 0.286. The van der Waals surface area contributed by atoms with E-state index in [0.717, 1.165) is 22.7 Å². The van der Waals surface area contributed by atoms with E-state index >= 15 is 0 Å².